The molecule has 2 aliphatic rings. The third kappa shape index (κ3) is 3.02. The highest BCUT2D eigenvalue weighted by molar-refractivity contribution is 7.13. The fourth-order valence-corrected chi connectivity index (χ4v) is 4.74. The van der Waals surface area contributed by atoms with E-state index in [0.717, 1.165) is 59.1 Å². The lowest BCUT2D eigenvalue weighted by Gasteiger charge is -2.37. The Kier molecular flexibility index (Phi) is 4.20. The number of aromatic nitrogens is 2. The van der Waals surface area contributed by atoms with Gasteiger partial charge >= 0.3 is 0 Å². The van der Waals surface area contributed by atoms with Gasteiger partial charge in [-0.3, -0.25) is 9.69 Å². The lowest BCUT2D eigenvalue weighted by molar-refractivity contribution is 0.128. The SMILES string of the molecule is C=C(C1CC1)N1CCN(Cn2sc3nc(C)c(C)c(C)c3c2=O)CC1. The van der Waals surface area contributed by atoms with E-state index in [-0.39, 0.29) is 5.56 Å². The van der Waals surface area contributed by atoms with Gasteiger partial charge < -0.3 is 4.90 Å². The van der Waals surface area contributed by atoms with Crippen LogP contribution < -0.4 is 5.56 Å². The molecular weight excluding hydrogens is 332 g/mol. The molecule has 0 aromatic carbocycles. The summed E-state index contributed by atoms with van der Waals surface area (Å²) in [5.41, 5.74) is 4.66. The number of hydrogen-bond donors (Lipinski definition) is 0. The quantitative estimate of drug-likeness (QED) is 0.843. The molecule has 5 nitrogen and oxygen atoms in total. The molecule has 25 heavy (non-hydrogen) atoms. The van der Waals surface area contributed by atoms with Crippen molar-refractivity contribution in [3.63, 3.8) is 0 Å². The van der Waals surface area contributed by atoms with E-state index in [0.29, 0.717) is 6.67 Å². The fraction of sp³-hybridized carbons (Fsp3) is 0.579. The third-order valence-electron chi connectivity index (χ3n) is 5.76. The van der Waals surface area contributed by atoms with Crippen molar-refractivity contribution in [3.8, 4) is 0 Å². The summed E-state index contributed by atoms with van der Waals surface area (Å²) in [6.07, 6.45) is 2.61. The highest BCUT2D eigenvalue weighted by atomic mass is 32.1. The monoisotopic (exact) mass is 358 g/mol. The summed E-state index contributed by atoms with van der Waals surface area (Å²) < 4.78 is 1.87. The molecule has 2 aromatic rings. The molecular formula is C19H26N4OS. The van der Waals surface area contributed by atoms with Crippen LogP contribution in [-0.4, -0.2) is 44.9 Å². The van der Waals surface area contributed by atoms with Crippen LogP contribution in [0.3, 0.4) is 0 Å². The zero-order valence-electron chi connectivity index (χ0n) is 15.3. The van der Waals surface area contributed by atoms with Crippen LogP contribution in [0.15, 0.2) is 17.1 Å². The third-order valence-corrected chi connectivity index (χ3v) is 6.73. The second-order valence-electron chi connectivity index (χ2n) is 7.41. The summed E-state index contributed by atoms with van der Waals surface area (Å²) in [6, 6.07) is 0. The van der Waals surface area contributed by atoms with Crippen molar-refractivity contribution in [1.82, 2.24) is 18.7 Å². The molecule has 1 saturated heterocycles. The average Bonchev–Trinajstić information content (AvgIpc) is 3.40. The molecule has 0 atom stereocenters. The zero-order chi connectivity index (χ0) is 17.7. The first kappa shape index (κ1) is 16.8. The molecule has 2 aromatic heterocycles. The Labute approximate surface area is 152 Å². The smallest absolute Gasteiger partial charge is 0.271 e. The van der Waals surface area contributed by atoms with Gasteiger partial charge in [-0.2, -0.15) is 0 Å². The van der Waals surface area contributed by atoms with Crippen LogP contribution in [0.4, 0.5) is 0 Å². The normalized spacial score (nSPS) is 18.9. The summed E-state index contributed by atoms with van der Waals surface area (Å²) in [5.74, 6) is 0.734. The van der Waals surface area contributed by atoms with Gasteiger partial charge in [0.2, 0.25) is 0 Å². The molecule has 2 fully saturated rings. The van der Waals surface area contributed by atoms with Gasteiger partial charge in [0.25, 0.3) is 5.56 Å². The zero-order valence-corrected chi connectivity index (χ0v) is 16.2. The highest BCUT2D eigenvalue weighted by Gasteiger charge is 2.30. The molecule has 6 heteroatoms. The Morgan fingerprint density at radius 2 is 1.84 bits per heavy atom. The Hall–Kier alpha value is -1.66. The number of allylic oxidation sites excluding steroid dienone is 1. The van der Waals surface area contributed by atoms with E-state index in [1.165, 1.54) is 30.1 Å². The molecule has 3 heterocycles. The van der Waals surface area contributed by atoms with Gasteiger partial charge in [-0.15, -0.1) is 0 Å². The molecule has 0 spiro atoms. The van der Waals surface area contributed by atoms with Crippen molar-refractivity contribution >= 4 is 21.7 Å². The maximum atomic E-state index is 12.8. The molecule has 0 unspecified atom stereocenters. The Morgan fingerprint density at radius 1 is 1.16 bits per heavy atom. The summed E-state index contributed by atoms with van der Waals surface area (Å²) in [7, 11) is 0. The van der Waals surface area contributed by atoms with Gasteiger partial charge in [-0.05, 0) is 62.2 Å². The first-order valence-corrected chi connectivity index (χ1v) is 9.86. The van der Waals surface area contributed by atoms with E-state index >= 15 is 0 Å². The summed E-state index contributed by atoms with van der Waals surface area (Å²) in [4.78, 5) is 23.1. The van der Waals surface area contributed by atoms with E-state index in [2.05, 4.69) is 21.4 Å². The van der Waals surface area contributed by atoms with Crippen LogP contribution >= 0.6 is 11.5 Å². The van der Waals surface area contributed by atoms with E-state index < -0.39 is 0 Å². The van der Waals surface area contributed by atoms with Crippen LogP contribution in [0.5, 0.6) is 0 Å². The maximum absolute atomic E-state index is 12.8. The topological polar surface area (TPSA) is 41.4 Å². The molecule has 0 amide bonds. The highest BCUT2D eigenvalue weighted by Crippen LogP contribution is 2.37. The molecule has 1 aliphatic heterocycles. The largest absolute Gasteiger partial charge is 0.372 e. The molecule has 0 radical (unpaired) electrons. The second kappa shape index (κ2) is 6.25. The fourth-order valence-electron chi connectivity index (χ4n) is 3.63. The van der Waals surface area contributed by atoms with Crippen molar-refractivity contribution in [1.29, 1.82) is 0 Å². The van der Waals surface area contributed by atoms with E-state index in [1.807, 2.05) is 24.7 Å². The van der Waals surface area contributed by atoms with E-state index in [1.54, 1.807) is 0 Å². The Bertz CT molecular complexity index is 885. The molecule has 0 bridgehead atoms. The van der Waals surface area contributed by atoms with Crippen LogP contribution in [0.25, 0.3) is 10.2 Å². The Balaban J connectivity index is 1.50. The van der Waals surface area contributed by atoms with Crippen molar-refractivity contribution < 1.29 is 0 Å². The van der Waals surface area contributed by atoms with E-state index in [4.69, 9.17) is 0 Å². The number of aryl methyl sites for hydroxylation is 2. The van der Waals surface area contributed by atoms with Crippen LogP contribution in [0, 0.1) is 26.7 Å². The lowest BCUT2D eigenvalue weighted by Crippen LogP contribution is -2.46. The molecule has 0 N–H and O–H groups in total. The summed E-state index contributed by atoms with van der Waals surface area (Å²) in [6.45, 7) is 15.0. The first-order chi connectivity index (χ1) is 12.0. The molecule has 1 aliphatic carbocycles. The van der Waals surface area contributed by atoms with Crippen LogP contribution in [0.2, 0.25) is 0 Å². The maximum Gasteiger partial charge on any atom is 0.271 e. The summed E-state index contributed by atoms with van der Waals surface area (Å²) in [5, 5.41) is 0.800. The van der Waals surface area contributed by atoms with Crippen molar-refractivity contribution in [2.24, 2.45) is 5.92 Å². The van der Waals surface area contributed by atoms with Gasteiger partial charge in [0.15, 0.2) is 0 Å². The van der Waals surface area contributed by atoms with Gasteiger partial charge in [0.1, 0.15) is 4.83 Å². The van der Waals surface area contributed by atoms with Gasteiger partial charge in [-0.25, -0.2) is 8.94 Å². The first-order valence-electron chi connectivity index (χ1n) is 9.09. The van der Waals surface area contributed by atoms with Crippen molar-refractivity contribution in [3.05, 3.63) is 39.5 Å². The van der Waals surface area contributed by atoms with Gasteiger partial charge in [0.05, 0.1) is 12.1 Å². The molecule has 1 saturated carbocycles. The number of nitrogens with zero attached hydrogens (tertiary/aromatic N) is 4. The predicted octanol–water partition coefficient (Wildman–Crippen LogP) is 2.88. The van der Waals surface area contributed by atoms with E-state index in [9.17, 15) is 4.79 Å². The lowest BCUT2D eigenvalue weighted by atomic mass is 10.1. The number of fused-ring (bicyclic) bond motifs is 1. The Morgan fingerprint density at radius 3 is 2.48 bits per heavy atom. The average molecular weight is 359 g/mol. The standard InChI is InChI=1S/C19H26N4OS/c1-12-13(2)17-18(20-14(12)3)25-23(19(17)24)11-21-7-9-22(10-8-21)15(4)16-5-6-16/h16H,4-11H2,1-3H3. The number of hydrogen-bond acceptors (Lipinski definition) is 5. The van der Waals surface area contributed by atoms with Gasteiger partial charge in [-0.1, -0.05) is 6.58 Å². The number of rotatable bonds is 4. The van der Waals surface area contributed by atoms with Crippen molar-refractivity contribution in [2.45, 2.75) is 40.3 Å². The predicted molar refractivity (Wildman–Crippen MR) is 103 cm³/mol. The molecule has 4 rings (SSSR count). The minimum atomic E-state index is 0.109. The number of pyridine rings is 1. The van der Waals surface area contributed by atoms with Crippen LogP contribution in [0.1, 0.15) is 29.7 Å². The minimum absolute atomic E-state index is 0.109. The van der Waals surface area contributed by atoms with Crippen LogP contribution in [-0.2, 0) is 6.67 Å². The minimum Gasteiger partial charge on any atom is -0.372 e. The summed E-state index contributed by atoms with van der Waals surface area (Å²) >= 11 is 1.50. The number of piperazine rings is 1. The van der Waals surface area contributed by atoms with Gasteiger partial charge in [0, 0.05) is 37.6 Å². The molecule has 134 valence electrons. The second-order valence-corrected chi connectivity index (χ2v) is 8.42. The van der Waals surface area contributed by atoms with Crippen molar-refractivity contribution in [2.75, 3.05) is 26.2 Å².